The van der Waals surface area contributed by atoms with Crippen molar-refractivity contribution >= 4 is 29.3 Å². The van der Waals surface area contributed by atoms with Crippen LogP contribution in [0.3, 0.4) is 0 Å². The zero-order valence-electron chi connectivity index (χ0n) is 25.7. The number of nitrogens with zero attached hydrogens (tertiary/aromatic N) is 5. The van der Waals surface area contributed by atoms with Gasteiger partial charge >= 0.3 is 6.18 Å². The van der Waals surface area contributed by atoms with Crippen molar-refractivity contribution in [2.24, 2.45) is 4.99 Å². The SMILES string of the molecule is CN=Cc1c(N)nc(-c2cccc(N)c2)nc1Oc1ccc(C)c(C(=O)Nc2ccc(CN3CCN(C)CC3)c(C(F)(F)F)c2)c1. The number of aliphatic imine (C=N–C) groups is 1. The van der Waals surface area contributed by atoms with Gasteiger partial charge in [-0.25, -0.2) is 4.98 Å². The molecule has 5 rings (SSSR count). The van der Waals surface area contributed by atoms with Gasteiger partial charge in [-0.05, 0) is 61.5 Å². The number of alkyl halides is 3. The molecule has 1 aromatic heterocycles. The monoisotopic (exact) mass is 632 g/mol. The third kappa shape index (κ3) is 7.61. The van der Waals surface area contributed by atoms with Crippen molar-refractivity contribution in [1.29, 1.82) is 0 Å². The molecule has 2 heterocycles. The molecule has 1 aliphatic heterocycles. The van der Waals surface area contributed by atoms with Gasteiger partial charge in [-0.1, -0.05) is 24.3 Å². The highest BCUT2D eigenvalue weighted by Gasteiger charge is 2.34. The number of anilines is 3. The van der Waals surface area contributed by atoms with Gasteiger partial charge in [0.15, 0.2) is 5.82 Å². The lowest BCUT2D eigenvalue weighted by Gasteiger charge is -2.33. The number of nitrogens with one attached hydrogen (secondary N) is 1. The summed E-state index contributed by atoms with van der Waals surface area (Å²) in [5.41, 5.74) is 13.8. The number of nitrogens with two attached hydrogens (primary N) is 2. The van der Waals surface area contributed by atoms with Crippen LogP contribution in [0.1, 0.15) is 32.6 Å². The Morgan fingerprint density at radius 1 is 1.04 bits per heavy atom. The van der Waals surface area contributed by atoms with E-state index in [9.17, 15) is 18.0 Å². The van der Waals surface area contributed by atoms with Crippen LogP contribution in [-0.4, -0.2) is 72.2 Å². The molecule has 46 heavy (non-hydrogen) atoms. The van der Waals surface area contributed by atoms with Gasteiger partial charge in [-0.3, -0.25) is 14.7 Å². The molecule has 0 bridgehead atoms. The topological polar surface area (TPSA) is 135 Å². The Morgan fingerprint density at radius 3 is 2.50 bits per heavy atom. The minimum atomic E-state index is -4.59. The molecule has 0 atom stereocenters. The van der Waals surface area contributed by atoms with Crippen LogP contribution in [0.5, 0.6) is 11.6 Å². The van der Waals surface area contributed by atoms with E-state index < -0.39 is 17.6 Å². The van der Waals surface area contributed by atoms with Crippen LogP contribution in [0.25, 0.3) is 11.4 Å². The lowest BCUT2D eigenvalue weighted by molar-refractivity contribution is -0.138. The molecule has 0 spiro atoms. The van der Waals surface area contributed by atoms with Gasteiger partial charge in [0.25, 0.3) is 5.91 Å². The van der Waals surface area contributed by atoms with Crippen molar-refractivity contribution in [3.05, 3.63) is 88.5 Å². The lowest BCUT2D eigenvalue weighted by atomic mass is 10.0. The van der Waals surface area contributed by atoms with Gasteiger partial charge in [-0.2, -0.15) is 18.2 Å². The van der Waals surface area contributed by atoms with Crippen LogP contribution < -0.4 is 21.5 Å². The maximum absolute atomic E-state index is 14.1. The van der Waals surface area contributed by atoms with Crippen LogP contribution >= 0.6 is 0 Å². The number of rotatable bonds is 8. The fourth-order valence-electron chi connectivity index (χ4n) is 5.12. The largest absolute Gasteiger partial charge is 0.438 e. The summed E-state index contributed by atoms with van der Waals surface area (Å²) < 4.78 is 48.4. The summed E-state index contributed by atoms with van der Waals surface area (Å²) in [6.07, 6.45) is -3.13. The van der Waals surface area contributed by atoms with Gasteiger partial charge in [0.05, 0.1) is 11.1 Å². The second kappa shape index (κ2) is 13.5. The number of piperazine rings is 1. The minimum Gasteiger partial charge on any atom is -0.438 e. The predicted octanol–water partition coefficient (Wildman–Crippen LogP) is 5.48. The normalized spacial score (nSPS) is 14.5. The maximum Gasteiger partial charge on any atom is 0.416 e. The molecular formula is C33H35F3N8O2. The molecule has 1 amide bonds. The highest BCUT2D eigenvalue weighted by molar-refractivity contribution is 6.05. The summed E-state index contributed by atoms with van der Waals surface area (Å²) in [7, 11) is 3.55. The summed E-state index contributed by atoms with van der Waals surface area (Å²) in [6, 6.07) is 15.7. The second-order valence-electron chi connectivity index (χ2n) is 11.1. The summed E-state index contributed by atoms with van der Waals surface area (Å²) in [6.45, 7) is 4.83. The Balaban J connectivity index is 1.40. The number of benzene rings is 3. The third-order valence-electron chi connectivity index (χ3n) is 7.67. The number of likely N-dealkylation sites (N-methyl/N-ethyl adjacent to an activating group) is 1. The van der Waals surface area contributed by atoms with Crippen LogP contribution in [0.2, 0.25) is 0 Å². The molecule has 13 heteroatoms. The van der Waals surface area contributed by atoms with E-state index in [-0.39, 0.29) is 46.6 Å². The van der Waals surface area contributed by atoms with Crippen molar-refractivity contribution in [1.82, 2.24) is 19.8 Å². The number of ether oxygens (including phenoxy) is 1. The summed E-state index contributed by atoms with van der Waals surface area (Å²) in [4.78, 5) is 30.5. The van der Waals surface area contributed by atoms with Crippen molar-refractivity contribution in [3.8, 4) is 23.0 Å². The Bertz CT molecular complexity index is 1770. The van der Waals surface area contributed by atoms with Crippen LogP contribution in [-0.2, 0) is 12.7 Å². The first-order valence-electron chi connectivity index (χ1n) is 14.6. The van der Waals surface area contributed by atoms with Crippen molar-refractivity contribution in [3.63, 3.8) is 0 Å². The number of halogens is 3. The first-order chi connectivity index (χ1) is 21.9. The van der Waals surface area contributed by atoms with E-state index in [1.165, 1.54) is 24.4 Å². The zero-order valence-corrected chi connectivity index (χ0v) is 25.7. The van der Waals surface area contributed by atoms with Gasteiger partial charge < -0.3 is 26.4 Å². The number of aromatic nitrogens is 2. The highest BCUT2D eigenvalue weighted by Crippen LogP contribution is 2.35. The van der Waals surface area contributed by atoms with Gasteiger partial charge in [0.2, 0.25) is 5.88 Å². The molecule has 0 aliphatic carbocycles. The molecule has 10 nitrogen and oxygen atoms in total. The number of nitrogen functional groups attached to an aromatic ring is 2. The number of hydrogen-bond acceptors (Lipinski definition) is 9. The van der Waals surface area contributed by atoms with Crippen LogP contribution in [0.4, 0.5) is 30.4 Å². The van der Waals surface area contributed by atoms with E-state index in [1.807, 2.05) is 11.9 Å². The third-order valence-corrected chi connectivity index (χ3v) is 7.67. The molecule has 1 fully saturated rings. The van der Waals surface area contributed by atoms with Crippen molar-refractivity contribution in [2.75, 3.05) is 57.1 Å². The number of aryl methyl sites for hydroxylation is 1. The van der Waals surface area contributed by atoms with E-state index in [0.29, 0.717) is 35.5 Å². The first kappa shape index (κ1) is 32.4. The van der Waals surface area contributed by atoms with E-state index >= 15 is 0 Å². The van der Waals surface area contributed by atoms with E-state index in [0.717, 1.165) is 19.2 Å². The fourth-order valence-corrected chi connectivity index (χ4v) is 5.12. The fraction of sp³-hybridized carbons (Fsp3) is 0.273. The van der Waals surface area contributed by atoms with Crippen molar-refractivity contribution < 1.29 is 22.7 Å². The molecule has 4 aromatic rings. The molecule has 240 valence electrons. The summed E-state index contributed by atoms with van der Waals surface area (Å²) in [5.74, 6) is 0.137. The standard InChI is InChI=1S/C33H35F3N8O2/c1-20-7-10-25(46-32-27(18-39-2)29(38)41-30(42-32)21-5-4-6-23(37)15-21)17-26(20)31(45)40-24-9-8-22(28(16-24)33(34,35)36)19-44-13-11-43(3)12-14-44/h4-10,15-18H,11-14,19,37H2,1-3H3,(H,40,45)(H2,38,41,42). The second-order valence-corrected chi connectivity index (χ2v) is 11.1. The maximum atomic E-state index is 14.1. The average molecular weight is 633 g/mol. The van der Waals surface area contributed by atoms with Crippen LogP contribution in [0.15, 0.2) is 65.7 Å². The number of amides is 1. The molecule has 1 aliphatic rings. The molecular weight excluding hydrogens is 597 g/mol. The number of carbonyl (C=O) groups excluding carboxylic acids is 1. The zero-order chi connectivity index (χ0) is 33.0. The molecule has 0 saturated carbocycles. The Morgan fingerprint density at radius 2 is 1.80 bits per heavy atom. The molecule has 0 radical (unpaired) electrons. The van der Waals surface area contributed by atoms with E-state index in [1.54, 1.807) is 50.4 Å². The van der Waals surface area contributed by atoms with E-state index in [2.05, 4.69) is 25.2 Å². The van der Waals surface area contributed by atoms with Gasteiger partial charge in [-0.15, -0.1) is 0 Å². The Labute approximate surface area is 264 Å². The molecule has 1 saturated heterocycles. The molecule has 3 aromatic carbocycles. The summed E-state index contributed by atoms with van der Waals surface area (Å²) in [5, 5.41) is 2.62. The highest BCUT2D eigenvalue weighted by atomic mass is 19.4. The lowest BCUT2D eigenvalue weighted by Crippen LogP contribution is -2.44. The van der Waals surface area contributed by atoms with Gasteiger partial charge in [0.1, 0.15) is 11.6 Å². The minimum absolute atomic E-state index is 0.0296. The Kier molecular flexibility index (Phi) is 9.54. The van der Waals surface area contributed by atoms with E-state index in [4.69, 9.17) is 16.2 Å². The van der Waals surface area contributed by atoms with Crippen LogP contribution in [0, 0.1) is 6.92 Å². The predicted molar refractivity (Wildman–Crippen MR) is 173 cm³/mol. The summed E-state index contributed by atoms with van der Waals surface area (Å²) >= 11 is 0. The quantitative estimate of drug-likeness (QED) is 0.172. The smallest absolute Gasteiger partial charge is 0.416 e. The Hall–Kier alpha value is -5.01. The van der Waals surface area contributed by atoms with Crippen molar-refractivity contribution in [2.45, 2.75) is 19.6 Å². The number of hydrogen-bond donors (Lipinski definition) is 3. The van der Waals surface area contributed by atoms with Gasteiger partial charge in [0, 0.05) is 68.5 Å². The average Bonchev–Trinajstić information content (AvgIpc) is 3.01. The molecule has 5 N–H and O–H groups in total. The first-order valence-corrected chi connectivity index (χ1v) is 14.6. The number of carbonyl (C=O) groups is 1. The molecule has 0 unspecified atom stereocenters.